The molecule has 0 saturated carbocycles. The van der Waals surface area contributed by atoms with E-state index in [0.717, 1.165) is 5.92 Å². The average Bonchev–Trinajstić information content (AvgIpc) is 2.71. The van der Waals surface area contributed by atoms with E-state index in [1.807, 2.05) is 0 Å². The minimum atomic E-state index is 0.343. The van der Waals surface area contributed by atoms with Gasteiger partial charge in [-0.1, -0.05) is 38.1 Å². The monoisotopic (exact) mass is 270 g/mol. The molecule has 0 radical (unpaired) electrons. The van der Waals surface area contributed by atoms with E-state index in [-0.39, 0.29) is 0 Å². The molecule has 3 heterocycles. The summed E-state index contributed by atoms with van der Waals surface area (Å²) in [5.41, 5.74) is 3.45. The molecule has 1 aliphatic carbocycles. The Kier molecular flexibility index (Phi) is 2.94. The Morgan fingerprint density at radius 2 is 1.90 bits per heavy atom. The summed E-state index contributed by atoms with van der Waals surface area (Å²) in [6.07, 6.45) is 4.00. The Balaban J connectivity index is 1.58. The minimum absolute atomic E-state index is 0.343. The standard InChI is InChI=1S/C18H26N2/c1-18(2)11-14-5-3-4-6-15(14)17(18)19-16-12-20-9-7-13(16)8-10-20/h3-6,13,16-17,19H,7-12H2,1-2H3. The molecule has 3 aliphatic heterocycles. The van der Waals surface area contributed by atoms with Gasteiger partial charge in [0.2, 0.25) is 0 Å². The van der Waals surface area contributed by atoms with Crippen LogP contribution in [0.15, 0.2) is 24.3 Å². The highest BCUT2D eigenvalue weighted by Crippen LogP contribution is 2.46. The summed E-state index contributed by atoms with van der Waals surface area (Å²) in [6.45, 7) is 8.76. The van der Waals surface area contributed by atoms with E-state index in [4.69, 9.17) is 0 Å². The van der Waals surface area contributed by atoms with Crippen molar-refractivity contribution in [3.05, 3.63) is 35.4 Å². The van der Waals surface area contributed by atoms with Crippen LogP contribution in [0, 0.1) is 11.3 Å². The molecule has 0 spiro atoms. The maximum absolute atomic E-state index is 4.05. The number of nitrogens with one attached hydrogen (secondary N) is 1. The number of piperidine rings is 3. The second-order valence-corrected chi connectivity index (χ2v) is 7.71. The van der Waals surface area contributed by atoms with Crippen molar-refractivity contribution in [1.82, 2.24) is 10.2 Å². The highest BCUT2D eigenvalue weighted by molar-refractivity contribution is 5.37. The fourth-order valence-electron chi connectivity index (χ4n) is 4.67. The highest BCUT2D eigenvalue weighted by atomic mass is 15.2. The second-order valence-electron chi connectivity index (χ2n) is 7.71. The van der Waals surface area contributed by atoms with Crippen molar-refractivity contribution in [2.75, 3.05) is 19.6 Å². The summed E-state index contributed by atoms with van der Waals surface area (Å²) in [5.74, 6) is 0.906. The Morgan fingerprint density at radius 1 is 1.15 bits per heavy atom. The lowest BCUT2D eigenvalue weighted by Gasteiger charge is -2.47. The Bertz CT molecular complexity index is 500. The molecule has 0 aromatic heterocycles. The van der Waals surface area contributed by atoms with Crippen molar-refractivity contribution in [2.24, 2.45) is 11.3 Å². The van der Waals surface area contributed by atoms with Gasteiger partial charge in [0.05, 0.1) is 0 Å². The largest absolute Gasteiger partial charge is 0.305 e. The number of hydrogen-bond donors (Lipinski definition) is 1. The molecule has 5 rings (SSSR count). The van der Waals surface area contributed by atoms with Gasteiger partial charge in [0, 0.05) is 18.6 Å². The van der Waals surface area contributed by atoms with Gasteiger partial charge in [0.15, 0.2) is 0 Å². The van der Waals surface area contributed by atoms with Crippen LogP contribution in [-0.2, 0) is 6.42 Å². The molecule has 1 aromatic carbocycles. The molecule has 4 aliphatic rings. The lowest BCUT2D eigenvalue weighted by Crippen LogP contribution is -2.57. The van der Waals surface area contributed by atoms with Crippen LogP contribution in [0.3, 0.4) is 0 Å². The Hall–Kier alpha value is -0.860. The van der Waals surface area contributed by atoms with E-state index in [2.05, 4.69) is 48.3 Å². The van der Waals surface area contributed by atoms with Gasteiger partial charge in [-0.3, -0.25) is 0 Å². The zero-order chi connectivity index (χ0) is 13.7. The van der Waals surface area contributed by atoms with Crippen LogP contribution in [0.4, 0.5) is 0 Å². The summed E-state index contributed by atoms with van der Waals surface area (Å²) in [4.78, 5) is 2.64. The number of hydrogen-bond acceptors (Lipinski definition) is 2. The fourth-order valence-corrected chi connectivity index (χ4v) is 4.67. The van der Waals surface area contributed by atoms with Crippen molar-refractivity contribution in [3.8, 4) is 0 Å². The fraction of sp³-hybridized carbons (Fsp3) is 0.667. The van der Waals surface area contributed by atoms with Crippen molar-refractivity contribution in [3.63, 3.8) is 0 Å². The summed E-state index contributed by atoms with van der Waals surface area (Å²) < 4.78 is 0. The first-order valence-corrected chi connectivity index (χ1v) is 8.20. The van der Waals surface area contributed by atoms with Gasteiger partial charge >= 0.3 is 0 Å². The lowest BCUT2D eigenvalue weighted by molar-refractivity contribution is 0.0574. The normalized spacial score (nSPS) is 37.9. The molecule has 2 unspecified atom stereocenters. The van der Waals surface area contributed by atoms with E-state index in [1.54, 1.807) is 11.1 Å². The summed E-state index contributed by atoms with van der Waals surface area (Å²) in [7, 11) is 0. The molecule has 0 amide bonds. The highest BCUT2D eigenvalue weighted by Gasteiger charge is 2.42. The number of fused-ring (bicyclic) bond motifs is 4. The van der Waals surface area contributed by atoms with Gasteiger partial charge in [0.25, 0.3) is 0 Å². The van der Waals surface area contributed by atoms with Crippen molar-refractivity contribution in [2.45, 2.75) is 45.2 Å². The lowest BCUT2D eigenvalue weighted by atomic mass is 9.80. The van der Waals surface area contributed by atoms with E-state index in [1.165, 1.54) is 38.9 Å². The zero-order valence-electron chi connectivity index (χ0n) is 12.7. The van der Waals surface area contributed by atoms with Gasteiger partial charge in [0.1, 0.15) is 0 Å². The van der Waals surface area contributed by atoms with E-state index < -0.39 is 0 Å². The SMILES string of the molecule is CC1(C)Cc2ccccc2C1NC1CN2CCC1CC2. The van der Waals surface area contributed by atoms with Crippen LogP contribution in [0.5, 0.6) is 0 Å². The van der Waals surface area contributed by atoms with E-state index in [0.29, 0.717) is 17.5 Å². The number of benzene rings is 1. The Labute approximate surface area is 122 Å². The summed E-state index contributed by atoms with van der Waals surface area (Å²) in [5, 5.41) is 4.05. The van der Waals surface area contributed by atoms with Crippen molar-refractivity contribution in [1.29, 1.82) is 0 Å². The smallest absolute Gasteiger partial charge is 0.0380 e. The van der Waals surface area contributed by atoms with Gasteiger partial charge in [-0.15, -0.1) is 0 Å². The summed E-state index contributed by atoms with van der Waals surface area (Å²) >= 11 is 0. The molecule has 3 saturated heterocycles. The summed E-state index contributed by atoms with van der Waals surface area (Å²) in [6, 6.07) is 10.3. The predicted octanol–water partition coefficient (Wildman–Crippen LogP) is 2.99. The van der Waals surface area contributed by atoms with Crippen LogP contribution in [-0.4, -0.2) is 30.6 Å². The molecule has 3 fully saturated rings. The van der Waals surface area contributed by atoms with Gasteiger partial charge < -0.3 is 10.2 Å². The third-order valence-corrected chi connectivity index (χ3v) is 5.83. The van der Waals surface area contributed by atoms with Crippen molar-refractivity contribution >= 4 is 0 Å². The van der Waals surface area contributed by atoms with Crippen LogP contribution >= 0.6 is 0 Å². The van der Waals surface area contributed by atoms with Crippen molar-refractivity contribution < 1.29 is 0 Å². The molecule has 2 bridgehead atoms. The topological polar surface area (TPSA) is 15.3 Å². The molecule has 1 N–H and O–H groups in total. The molecule has 2 heteroatoms. The molecule has 1 aromatic rings. The van der Waals surface area contributed by atoms with Crippen LogP contribution in [0.25, 0.3) is 0 Å². The number of rotatable bonds is 2. The molecule has 20 heavy (non-hydrogen) atoms. The van der Waals surface area contributed by atoms with Crippen LogP contribution in [0.1, 0.15) is 43.9 Å². The number of nitrogens with zero attached hydrogens (tertiary/aromatic N) is 1. The molecule has 108 valence electrons. The predicted molar refractivity (Wildman–Crippen MR) is 82.8 cm³/mol. The first-order chi connectivity index (χ1) is 9.63. The quantitative estimate of drug-likeness (QED) is 0.889. The van der Waals surface area contributed by atoms with Gasteiger partial charge in [-0.05, 0) is 54.8 Å². The second kappa shape index (κ2) is 4.57. The maximum Gasteiger partial charge on any atom is 0.0380 e. The molecular weight excluding hydrogens is 244 g/mol. The van der Waals surface area contributed by atoms with E-state index >= 15 is 0 Å². The first-order valence-electron chi connectivity index (χ1n) is 8.20. The van der Waals surface area contributed by atoms with Crippen LogP contribution in [0.2, 0.25) is 0 Å². The first kappa shape index (κ1) is 12.8. The molecular formula is C18H26N2. The van der Waals surface area contributed by atoms with Gasteiger partial charge in [-0.2, -0.15) is 0 Å². The van der Waals surface area contributed by atoms with Gasteiger partial charge in [-0.25, -0.2) is 0 Å². The molecule has 2 nitrogen and oxygen atoms in total. The molecule has 2 atom stereocenters. The minimum Gasteiger partial charge on any atom is -0.305 e. The van der Waals surface area contributed by atoms with Crippen LogP contribution < -0.4 is 5.32 Å². The van der Waals surface area contributed by atoms with E-state index in [9.17, 15) is 0 Å². The maximum atomic E-state index is 4.05. The Morgan fingerprint density at radius 3 is 2.60 bits per heavy atom. The third kappa shape index (κ3) is 2.01. The third-order valence-electron chi connectivity index (χ3n) is 5.83. The average molecular weight is 270 g/mol. The zero-order valence-corrected chi connectivity index (χ0v) is 12.7.